The lowest BCUT2D eigenvalue weighted by Crippen LogP contribution is -2.15. The van der Waals surface area contributed by atoms with Gasteiger partial charge in [-0.15, -0.1) is 0 Å². The molecule has 0 radical (unpaired) electrons. The highest BCUT2D eigenvalue weighted by atomic mass is 16.5. The van der Waals surface area contributed by atoms with Gasteiger partial charge in [-0.3, -0.25) is 4.98 Å². The summed E-state index contributed by atoms with van der Waals surface area (Å²) < 4.78 is 6.06. The molecule has 1 aliphatic carbocycles. The van der Waals surface area contributed by atoms with Crippen LogP contribution in [0.15, 0.2) is 47.6 Å². The zero-order valence-corrected chi connectivity index (χ0v) is 13.7. The van der Waals surface area contributed by atoms with Crippen LogP contribution in [0.25, 0.3) is 10.9 Å². The normalized spacial score (nSPS) is 28.7. The molecule has 2 bridgehead atoms. The number of hydrogen-bond donors (Lipinski definition) is 0. The summed E-state index contributed by atoms with van der Waals surface area (Å²) in [6.45, 7) is 4.33. The Kier molecular flexibility index (Phi) is 2.81. The number of pyridine rings is 1. The summed E-state index contributed by atoms with van der Waals surface area (Å²) in [5.74, 6) is 0.391. The molecule has 2 aromatic rings. The number of hydrogen-bond acceptors (Lipinski definition) is 2. The predicted molar refractivity (Wildman–Crippen MR) is 92.6 cm³/mol. The first kappa shape index (κ1) is 13.5. The quantitative estimate of drug-likeness (QED) is 0.758. The first-order valence-corrected chi connectivity index (χ1v) is 8.64. The zero-order chi connectivity index (χ0) is 15.6. The van der Waals surface area contributed by atoms with Gasteiger partial charge in [0.1, 0.15) is 0 Å². The average molecular weight is 303 g/mol. The van der Waals surface area contributed by atoms with Crippen molar-refractivity contribution in [1.82, 2.24) is 4.98 Å². The van der Waals surface area contributed by atoms with E-state index < -0.39 is 0 Å². The first-order valence-electron chi connectivity index (χ1n) is 8.64. The van der Waals surface area contributed by atoms with E-state index in [-0.39, 0.29) is 0 Å². The van der Waals surface area contributed by atoms with Crippen molar-refractivity contribution >= 4 is 10.9 Å². The molecule has 3 atom stereocenters. The maximum Gasteiger partial charge on any atom is 0.0835 e. The summed E-state index contributed by atoms with van der Waals surface area (Å²) in [4.78, 5) is 5.00. The summed E-state index contributed by atoms with van der Waals surface area (Å²) >= 11 is 0. The topological polar surface area (TPSA) is 22.1 Å². The van der Waals surface area contributed by atoms with Gasteiger partial charge in [0.2, 0.25) is 0 Å². The second-order valence-corrected chi connectivity index (χ2v) is 7.20. The Morgan fingerprint density at radius 1 is 1.04 bits per heavy atom. The van der Waals surface area contributed by atoms with E-state index >= 15 is 0 Å². The van der Waals surface area contributed by atoms with Gasteiger partial charge in [0.25, 0.3) is 0 Å². The second-order valence-electron chi connectivity index (χ2n) is 7.20. The van der Waals surface area contributed by atoms with Crippen molar-refractivity contribution < 1.29 is 4.74 Å². The van der Waals surface area contributed by atoms with Gasteiger partial charge in [0, 0.05) is 11.3 Å². The van der Waals surface area contributed by atoms with Gasteiger partial charge in [-0.2, -0.15) is 0 Å². The monoisotopic (exact) mass is 303 g/mol. The predicted octanol–water partition coefficient (Wildman–Crippen LogP) is 4.75. The summed E-state index contributed by atoms with van der Waals surface area (Å²) in [5.41, 5.74) is 7.83. The molecule has 2 heteroatoms. The molecule has 3 heterocycles. The van der Waals surface area contributed by atoms with Crippen LogP contribution in [-0.4, -0.2) is 17.2 Å². The fourth-order valence-electron chi connectivity index (χ4n) is 4.44. The van der Waals surface area contributed by atoms with E-state index in [9.17, 15) is 0 Å². The fourth-order valence-corrected chi connectivity index (χ4v) is 4.44. The number of ether oxygens (including phenoxy) is 1. The Morgan fingerprint density at radius 2 is 1.87 bits per heavy atom. The van der Waals surface area contributed by atoms with Crippen LogP contribution < -0.4 is 0 Å². The molecule has 3 aliphatic rings. The third-order valence-electron chi connectivity index (χ3n) is 5.57. The van der Waals surface area contributed by atoms with Crippen molar-refractivity contribution in [3.05, 3.63) is 64.4 Å². The summed E-state index contributed by atoms with van der Waals surface area (Å²) in [5, 5.41) is 1.24. The third kappa shape index (κ3) is 2.01. The van der Waals surface area contributed by atoms with E-state index in [1.54, 1.807) is 0 Å². The van der Waals surface area contributed by atoms with Crippen LogP contribution in [0.5, 0.6) is 0 Å². The molecule has 2 saturated heterocycles. The standard InChI is InChI=1S/C21H21NO/c1-12-3-6-18-15(9-12)10-13(2)21(22-18)14-4-5-16-17(11-14)20-8-7-19(16)23-20/h3,5-6,9-11,14,19-20H,4,7-8H2,1-2H3. The SMILES string of the molecule is Cc1ccc2nc(C3C=C4C(=CC3)C3CCC4O3)c(C)cc2c1. The number of nitrogens with zero attached hydrogens (tertiary/aromatic N) is 1. The molecular weight excluding hydrogens is 282 g/mol. The Balaban J connectivity index is 1.58. The van der Waals surface area contributed by atoms with E-state index in [1.165, 1.54) is 46.2 Å². The molecule has 1 aromatic carbocycles. The molecule has 2 aliphatic heterocycles. The second kappa shape index (κ2) is 4.78. The van der Waals surface area contributed by atoms with Gasteiger partial charge >= 0.3 is 0 Å². The molecule has 2 fully saturated rings. The van der Waals surface area contributed by atoms with E-state index in [1.807, 2.05) is 0 Å². The molecule has 0 spiro atoms. The van der Waals surface area contributed by atoms with E-state index in [0.29, 0.717) is 18.1 Å². The maximum atomic E-state index is 6.06. The van der Waals surface area contributed by atoms with Crippen LogP contribution in [0.3, 0.4) is 0 Å². The lowest BCUT2D eigenvalue weighted by Gasteiger charge is -2.23. The zero-order valence-electron chi connectivity index (χ0n) is 13.7. The van der Waals surface area contributed by atoms with Gasteiger partial charge in [0.05, 0.1) is 23.4 Å². The van der Waals surface area contributed by atoms with Crippen LogP contribution in [0.1, 0.15) is 42.0 Å². The largest absolute Gasteiger partial charge is 0.366 e. The number of benzene rings is 1. The fraction of sp³-hybridized carbons (Fsp3) is 0.381. The summed E-state index contributed by atoms with van der Waals surface area (Å²) in [6, 6.07) is 8.81. The Morgan fingerprint density at radius 3 is 2.74 bits per heavy atom. The molecule has 0 amide bonds. The smallest absolute Gasteiger partial charge is 0.0835 e. The summed E-state index contributed by atoms with van der Waals surface area (Å²) in [6.07, 6.45) is 9.00. The van der Waals surface area contributed by atoms with Crippen molar-refractivity contribution in [2.45, 2.75) is 51.2 Å². The lowest BCUT2D eigenvalue weighted by atomic mass is 9.80. The van der Waals surface area contributed by atoms with Crippen LogP contribution in [0.4, 0.5) is 0 Å². The molecule has 3 unspecified atom stereocenters. The molecule has 2 nitrogen and oxygen atoms in total. The van der Waals surface area contributed by atoms with E-state index in [2.05, 4.69) is 50.3 Å². The van der Waals surface area contributed by atoms with Gasteiger partial charge < -0.3 is 4.74 Å². The minimum atomic E-state index is 0.345. The Labute approximate surface area is 136 Å². The number of aromatic nitrogens is 1. The van der Waals surface area contributed by atoms with Crippen LogP contribution >= 0.6 is 0 Å². The van der Waals surface area contributed by atoms with Crippen LogP contribution in [0, 0.1) is 13.8 Å². The molecular formula is C21H21NO. The highest BCUT2D eigenvalue weighted by Gasteiger charge is 2.42. The number of fused-ring (bicyclic) bond motifs is 6. The van der Waals surface area contributed by atoms with Gasteiger partial charge in [-0.25, -0.2) is 0 Å². The van der Waals surface area contributed by atoms with Crippen LogP contribution in [0.2, 0.25) is 0 Å². The third-order valence-corrected chi connectivity index (χ3v) is 5.57. The number of aryl methyl sites for hydroxylation is 2. The van der Waals surface area contributed by atoms with Crippen molar-refractivity contribution in [1.29, 1.82) is 0 Å². The van der Waals surface area contributed by atoms with Crippen molar-refractivity contribution in [2.75, 3.05) is 0 Å². The lowest BCUT2D eigenvalue weighted by molar-refractivity contribution is 0.123. The average Bonchev–Trinajstić information content (AvgIpc) is 3.16. The minimum absolute atomic E-state index is 0.345. The first-order chi connectivity index (χ1) is 11.2. The molecule has 5 rings (SSSR count). The Hall–Kier alpha value is -1.93. The highest BCUT2D eigenvalue weighted by Crippen LogP contribution is 2.47. The van der Waals surface area contributed by atoms with Gasteiger partial charge in [-0.05, 0) is 68.0 Å². The van der Waals surface area contributed by atoms with E-state index in [4.69, 9.17) is 9.72 Å². The van der Waals surface area contributed by atoms with Gasteiger partial charge in [-0.1, -0.05) is 23.8 Å². The van der Waals surface area contributed by atoms with E-state index in [0.717, 1.165) is 11.9 Å². The van der Waals surface area contributed by atoms with Gasteiger partial charge in [0.15, 0.2) is 0 Å². The van der Waals surface area contributed by atoms with Crippen LogP contribution in [-0.2, 0) is 4.74 Å². The molecule has 1 aromatic heterocycles. The molecule has 0 N–H and O–H groups in total. The molecule has 116 valence electrons. The van der Waals surface area contributed by atoms with Crippen molar-refractivity contribution in [2.24, 2.45) is 0 Å². The molecule has 0 saturated carbocycles. The maximum absolute atomic E-state index is 6.06. The van der Waals surface area contributed by atoms with Crippen molar-refractivity contribution in [3.8, 4) is 0 Å². The molecule has 23 heavy (non-hydrogen) atoms. The summed E-state index contributed by atoms with van der Waals surface area (Å²) in [7, 11) is 0. The minimum Gasteiger partial charge on any atom is -0.366 e. The highest BCUT2D eigenvalue weighted by molar-refractivity contribution is 5.80. The number of rotatable bonds is 1. The van der Waals surface area contributed by atoms with Crippen molar-refractivity contribution in [3.63, 3.8) is 0 Å². The Bertz CT molecular complexity index is 877. The number of allylic oxidation sites excluding steroid dienone is 2.